The van der Waals surface area contributed by atoms with Crippen LogP contribution in [0.4, 0.5) is 0 Å². The van der Waals surface area contributed by atoms with Gasteiger partial charge in [-0.3, -0.25) is 37.3 Å². The maximum Gasteiger partial charge on any atom is 0.472 e. The lowest BCUT2D eigenvalue weighted by molar-refractivity contribution is -0.161. The van der Waals surface area contributed by atoms with Crippen LogP contribution in [0.15, 0.2) is 0 Å². The van der Waals surface area contributed by atoms with E-state index in [-0.39, 0.29) is 25.7 Å². The lowest BCUT2D eigenvalue weighted by Gasteiger charge is -2.21. The molecule has 96 heavy (non-hydrogen) atoms. The molecule has 0 amide bonds. The first-order valence-corrected chi connectivity index (χ1v) is 43.1. The number of carbonyl (C=O) groups excluding carboxylic acids is 4. The first-order valence-electron chi connectivity index (χ1n) is 40.1. The van der Waals surface area contributed by atoms with E-state index >= 15 is 0 Å². The molecule has 0 radical (unpaired) electrons. The van der Waals surface area contributed by atoms with Crippen LogP contribution in [0.1, 0.15) is 407 Å². The second kappa shape index (κ2) is 70.1. The van der Waals surface area contributed by atoms with Gasteiger partial charge in [0.15, 0.2) is 12.2 Å². The third-order valence-electron chi connectivity index (χ3n) is 18.0. The molecule has 0 aromatic heterocycles. The van der Waals surface area contributed by atoms with Crippen LogP contribution in [0, 0.1) is 5.92 Å². The Balaban J connectivity index is 5.18. The number of aliphatic hydroxyl groups is 1. The van der Waals surface area contributed by atoms with Gasteiger partial charge in [-0.1, -0.05) is 356 Å². The highest BCUT2D eigenvalue weighted by Gasteiger charge is 2.30. The molecule has 5 atom stereocenters. The van der Waals surface area contributed by atoms with Crippen molar-refractivity contribution in [2.45, 2.75) is 425 Å². The minimum absolute atomic E-state index is 0.108. The van der Waals surface area contributed by atoms with Gasteiger partial charge in [-0.05, 0) is 31.6 Å². The Morgan fingerprint density at radius 3 is 0.708 bits per heavy atom. The van der Waals surface area contributed by atoms with Gasteiger partial charge in [0.2, 0.25) is 0 Å². The van der Waals surface area contributed by atoms with E-state index in [4.69, 9.17) is 37.0 Å². The van der Waals surface area contributed by atoms with E-state index in [0.717, 1.165) is 102 Å². The van der Waals surface area contributed by atoms with Crippen molar-refractivity contribution >= 4 is 39.5 Å². The summed E-state index contributed by atoms with van der Waals surface area (Å²) in [6, 6.07) is 0. The molecule has 3 N–H and O–H groups in total. The van der Waals surface area contributed by atoms with Crippen molar-refractivity contribution in [2.75, 3.05) is 39.6 Å². The van der Waals surface area contributed by atoms with Gasteiger partial charge < -0.3 is 33.8 Å². The summed E-state index contributed by atoms with van der Waals surface area (Å²) in [5.74, 6) is -1.29. The number of hydrogen-bond acceptors (Lipinski definition) is 15. The number of phosphoric acid groups is 2. The lowest BCUT2D eigenvalue weighted by atomic mass is 10.0. The van der Waals surface area contributed by atoms with Gasteiger partial charge >= 0.3 is 39.5 Å². The van der Waals surface area contributed by atoms with E-state index in [1.165, 1.54) is 225 Å². The highest BCUT2D eigenvalue weighted by molar-refractivity contribution is 7.47. The fraction of sp³-hybridized carbons (Fsp3) is 0.948. The standard InChI is InChI=1S/C77H150O17P2/c1-6-9-12-15-18-21-23-25-30-34-38-41-46-51-56-61-75(80)88-67-73(94-77(82)63-58-53-48-43-39-35-32-29-27-26-28-31-33-36-40-44-49-54-59-70(4)5)69-92-96(85,86)90-65-71(78)64-89-95(83,84)91-68-72(66-87-74(79)60-55-50-45-20-17-14-11-8-3)93-76(81)62-57-52-47-42-37-24-22-19-16-13-10-7-2/h70-73,78H,6-69H2,1-5H3,(H,83,84)(H,85,86)/t71-,72+,73+/m0/s1. The fourth-order valence-electron chi connectivity index (χ4n) is 11.9. The summed E-state index contributed by atoms with van der Waals surface area (Å²) >= 11 is 0. The van der Waals surface area contributed by atoms with E-state index in [0.29, 0.717) is 25.7 Å². The van der Waals surface area contributed by atoms with Crippen molar-refractivity contribution in [1.82, 2.24) is 0 Å². The number of phosphoric ester groups is 2. The predicted molar refractivity (Wildman–Crippen MR) is 391 cm³/mol. The molecule has 570 valence electrons. The number of rotatable bonds is 77. The summed E-state index contributed by atoms with van der Waals surface area (Å²) in [5, 5.41) is 10.6. The highest BCUT2D eigenvalue weighted by atomic mass is 31.2. The molecule has 0 aromatic carbocycles. The van der Waals surface area contributed by atoms with E-state index in [1.54, 1.807) is 0 Å². The average Bonchev–Trinajstić information content (AvgIpc) is 1.87. The molecule has 0 aromatic rings. The Kier molecular flexibility index (Phi) is 68.7. The van der Waals surface area contributed by atoms with Gasteiger partial charge in [-0.15, -0.1) is 0 Å². The average molecular weight is 1410 g/mol. The quantitative estimate of drug-likeness (QED) is 0.0222. The van der Waals surface area contributed by atoms with Crippen LogP contribution in [0.3, 0.4) is 0 Å². The summed E-state index contributed by atoms with van der Waals surface area (Å²) in [6.45, 7) is 7.31. The van der Waals surface area contributed by atoms with Crippen LogP contribution < -0.4 is 0 Å². The minimum atomic E-state index is -4.96. The van der Waals surface area contributed by atoms with Gasteiger partial charge in [0.05, 0.1) is 26.4 Å². The number of aliphatic hydroxyl groups excluding tert-OH is 1. The number of hydrogen-bond donors (Lipinski definition) is 3. The maximum atomic E-state index is 13.1. The summed E-state index contributed by atoms with van der Waals surface area (Å²) < 4.78 is 68.5. The zero-order valence-electron chi connectivity index (χ0n) is 62.5. The van der Waals surface area contributed by atoms with Crippen molar-refractivity contribution in [3.05, 3.63) is 0 Å². The molecule has 0 heterocycles. The molecule has 0 spiro atoms. The van der Waals surface area contributed by atoms with Crippen molar-refractivity contribution in [3.8, 4) is 0 Å². The molecular formula is C77H150O17P2. The van der Waals surface area contributed by atoms with Crippen LogP contribution >= 0.6 is 15.6 Å². The van der Waals surface area contributed by atoms with Crippen molar-refractivity contribution in [1.29, 1.82) is 0 Å². The Morgan fingerprint density at radius 2 is 0.479 bits per heavy atom. The van der Waals surface area contributed by atoms with Crippen LogP contribution in [0.25, 0.3) is 0 Å². The van der Waals surface area contributed by atoms with E-state index in [9.17, 15) is 43.2 Å². The summed E-state index contributed by atoms with van der Waals surface area (Å²) in [6.07, 6.45) is 59.7. The van der Waals surface area contributed by atoms with Crippen molar-refractivity contribution in [3.63, 3.8) is 0 Å². The molecule has 19 heteroatoms. The van der Waals surface area contributed by atoms with Gasteiger partial charge in [0.25, 0.3) is 0 Å². The second-order valence-electron chi connectivity index (χ2n) is 28.2. The summed E-state index contributed by atoms with van der Waals surface area (Å²) in [7, 11) is -9.91. The first-order chi connectivity index (χ1) is 46.5. The van der Waals surface area contributed by atoms with Crippen LogP contribution in [-0.2, 0) is 65.4 Å². The van der Waals surface area contributed by atoms with Crippen LogP contribution in [0.2, 0.25) is 0 Å². The van der Waals surface area contributed by atoms with Gasteiger partial charge in [0.1, 0.15) is 19.3 Å². The Morgan fingerprint density at radius 1 is 0.281 bits per heavy atom. The first kappa shape index (κ1) is 94.1. The number of esters is 4. The fourth-order valence-corrected chi connectivity index (χ4v) is 13.5. The molecule has 0 bridgehead atoms. The smallest absolute Gasteiger partial charge is 0.462 e. The summed E-state index contributed by atoms with van der Waals surface area (Å²) in [4.78, 5) is 72.7. The largest absolute Gasteiger partial charge is 0.472 e. The minimum Gasteiger partial charge on any atom is -0.462 e. The second-order valence-corrected chi connectivity index (χ2v) is 31.1. The molecule has 0 aliphatic rings. The molecule has 17 nitrogen and oxygen atoms in total. The van der Waals surface area contributed by atoms with Gasteiger partial charge in [-0.25, -0.2) is 9.13 Å². The number of ether oxygens (including phenoxy) is 4. The van der Waals surface area contributed by atoms with Crippen LogP contribution in [0.5, 0.6) is 0 Å². The number of carbonyl (C=O) groups is 4. The predicted octanol–water partition coefficient (Wildman–Crippen LogP) is 22.9. The molecule has 0 saturated heterocycles. The topological polar surface area (TPSA) is 237 Å². The number of unbranched alkanes of at least 4 members (excludes halogenated alkanes) is 49. The lowest BCUT2D eigenvalue weighted by Crippen LogP contribution is -2.30. The van der Waals surface area contributed by atoms with Crippen LogP contribution in [-0.4, -0.2) is 96.7 Å². The normalized spacial score (nSPS) is 13.9. The van der Waals surface area contributed by atoms with Crippen molar-refractivity contribution in [2.24, 2.45) is 5.92 Å². The monoisotopic (exact) mass is 1410 g/mol. The molecule has 0 aliphatic heterocycles. The van der Waals surface area contributed by atoms with Gasteiger partial charge in [0, 0.05) is 25.7 Å². The third-order valence-corrected chi connectivity index (χ3v) is 19.9. The molecular weight excluding hydrogens is 1260 g/mol. The molecule has 2 unspecified atom stereocenters. The van der Waals surface area contributed by atoms with E-state index in [1.807, 2.05) is 0 Å². The molecule has 0 rings (SSSR count). The van der Waals surface area contributed by atoms with E-state index < -0.39 is 97.5 Å². The Hall–Kier alpha value is -1.94. The van der Waals surface area contributed by atoms with Crippen molar-refractivity contribution < 1.29 is 80.2 Å². The SMILES string of the molecule is CCCCCCCCCCCCCCCCCC(=O)OC[C@H](COP(=O)(O)OC[C@@H](O)COP(=O)(O)OC[C@@H](COC(=O)CCCCCCCCCC)OC(=O)CCCCCCCCCCCCCC)OC(=O)CCCCCCCCCCCCCCCCCCCCC(C)C. The van der Waals surface area contributed by atoms with Gasteiger partial charge in [-0.2, -0.15) is 0 Å². The molecule has 0 fully saturated rings. The zero-order valence-corrected chi connectivity index (χ0v) is 64.3. The zero-order chi connectivity index (χ0) is 70.5. The summed E-state index contributed by atoms with van der Waals surface area (Å²) in [5.41, 5.74) is 0. The van der Waals surface area contributed by atoms with E-state index in [2.05, 4.69) is 34.6 Å². The highest BCUT2D eigenvalue weighted by Crippen LogP contribution is 2.45. The molecule has 0 aliphatic carbocycles. The Bertz CT molecular complexity index is 1840. The Labute approximate surface area is 588 Å². The maximum absolute atomic E-state index is 13.1. The third kappa shape index (κ3) is 70.5. The molecule has 0 saturated carbocycles.